The summed E-state index contributed by atoms with van der Waals surface area (Å²) in [5.74, 6) is 0.164. The van der Waals surface area contributed by atoms with Gasteiger partial charge in [0.2, 0.25) is 10.0 Å². The molecule has 1 rings (SSSR count). The van der Waals surface area contributed by atoms with Gasteiger partial charge in [0.15, 0.2) is 0 Å². The van der Waals surface area contributed by atoms with Crippen molar-refractivity contribution in [3.63, 3.8) is 0 Å². The van der Waals surface area contributed by atoms with Crippen molar-refractivity contribution in [3.05, 3.63) is 0 Å². The predicted molar refractivity (Wildman–Crippen MR) is 78.4 cm³/mol. The Balaban J connectivity index is 2.02. The van der Waals surface area contributed by atoms with Crippen molar-refractivity contribution in [2.45, 2.75) is 6.42 Å². The van der Waals surface area contributed by atoms with E-state index in [1.165, 1.54) is 0 Å². The molecular weight excluding hydrogens is 282 g/mol. The van der Waals surface area contributed by atoms with E-state index in [2.05, 4.69) is 14.9 Å². The summed E-state index contributed by atoms with van der Waals surface area (Å²) < 4.78 is 36.3. The van der Waals surface area contributed by atoms with Crippen LogP contribution in [0, 0.1) is 0 Å². The SMILES string of the molecule is COCCOCCCNS(=O)(=O)CCN1CCNCC1. The normalized spacial score (nSPS) is 17.4. The van der Waals surface area contributed by atoms with Gasteiger partial charge in [-0.3, -0.25) is 4.90 Å². The third-order valence-electron chi connectivity index (χ3n) is 3.11. The molecule has 1 saturated heterocycles. The minimum atomic E-state index is -3.17. The molecule has 120 valence electrons. The van der Waals surface area contributed by atoms with Gasteiger partial charge in [-0.25, -0.2) is 13.1 Å². The minimum absolute atomic E-state index is 0.164. The molecule has 0 spiro atoms. The molecule has 0 radical (unpaired) electrons. The number of piperazine rings is 1. The number of sulfonamides is 1. The first kappa shape index (κ1) is 17.8. The molecule has 0 aliphatic carbocycles. The maximum absolute atomic E-state index is 11.8. The third kappa shape index (κ3) is 8.83. The van der Waals surface area contributed by atoms with E-state index in [0.29, 0.717) is 39.3 Å². The maximum Gasteiger partial charge on any atom is 0.212 e. The molecular formula is C12H27N3O4S. The van der Waals surface area contributed by atoms with Gasteiger partial charge in [0.05, 0.1) is 19.0 Å². The highest BCUT2D eigenvalue weighted by molar-refractivity contribution is 7.89. The highest BCUT2D eigenvalue weighted by atomic mass is 32.2. The number of hydrogen-bond acceptors (Lipinski definition) is 6. The van der Waals surface area contributed by atoms with Gasteiger partial charge in [-0.05, 0) is 6.42 Å². The maximum atomic E-state index is 11.8. The Morgan fingerprint density at radius 3 is 2.65 bits per heavy atom. The topological polar surface area (TPSA) is 79.9 Å². The number of ether oxygens (including phenoxy) is 2. The molecule has 7 nitrogen and oxygen atoms in total. The third-order valence-corrected chi connectivity index (χ3v) is 4.47. The highest BCUT2D eigenvalue weighted by Gasteiger charge is 2.14. The van der Waals surface area contributed by atoms with E-state index in [-0.39, 0.29) is 5.75 Å². The van der Waals surface area contributed by atoms with Crippen LogP contribution in [0.15, 0.2) is 0 Å². The summed E-state index contributed by atoms with van der Waals surface area (Å²) in [6, 6.07) is 0. The summed E-state index contributed by atoms with van der Waals surface area (Å²) in [4.78, 5) is 2.17. The van der Waals surface area contributed by atoms with Gasteiger partial charge in [0.25, 0.3) is 0 Å². The molecule has 1 aliphatic heterocycles. The number of hydrogen-bond donors (Lipinski definition) is 2. The molecule has 0 amide bonds. The zero-order chi connectivity index (χ0) is 14.7. The number of methoxy groups -OCH3 is 1. The smallest absolute Gasteiger partial charge is 0.212 e. The molecule has 1 aliphatic rings. The van der Waals surface area contributed by atoms with Crippen LogP contribution < -0.4 is 10.0 Å². The molecule has 0 unspecified atom stereocenters. The van der Waals surface area contributed by atoms with Crippen molar-refractivity contribution in [2.75, 3.05) is 72.0 Å². The average Bonchev–Trinajstić information content (AvgIpc) is 2.45. The average molecular weight is 309 g/mol. The Hall–Kier alpha value is -0.250. The van der Waals surface area contributed by atoms with Crippen LogP contribution in [0.1, 0.15) is 6.42 Å². The van der Waals surface area contributed by atoms with Crippen LogP contribution in [0.2, 0.25) is 0 Å². The molecule has 1 fully saturated rings. The van der Waals surface area contributed by atoms with E-state index in [4.69, 9.17) is 9.47 Å². The van der Waals surface area contributed by atoms with E-state index in [9.17, 15) is 8.42 Å². The zero-order valence-corrected chi connectivity index (χ0v) is 13.1. The van der Waals surface area contributed by atoms with Gasteiger partial charge < -0.3 is 14.8 Å². The molecule has 0 atom stereocenters. The molecule has 20 heavy (non-hydrogen) atoms. The fraction of sp³-hybridized carbons (Fsp3) is 1.00. The fourth-order valence-corrected chi connectivity index (χ4v) is 3.00. The van der Waals surface area contributed by atoms with Crippen LogP contribution >= 0.6 is 0 Å². The van der Waals surface area contributed by atoms with Crippen LogP contribution in [0.25, 0.3) is 0 Å². The quantitative estimate of drug-likeness (QED) is 0.470. The van der Waals surface area contributed by atoms with Gasteiger partial charge in [-0.2, -0.15) is 0 Å². The Labute approximate surface area is 122 Å². The monoisotopic (exact) mass is 309 g/mol. The summed E-state index contributed by atoms with van der Waals surface area (Å²) in [6.45, 7) is 6.40. The zero-order valence-electron chi connectivity index (χ0n) is 12.3. The second-order valence-electron chi connectivity index (χ2n) is 4.76. The first-order valence-corrected chi connectivity index (χ1v) is 8.76. The van der Waals surface area contributed by atoms with Crippen LogP contribution in [0.5, 0.6) is 0 Å². The lowest BCUT2D eigenvalue weighted by Gasteiger charge is -2.26. The lowest BCUT2D eigenvalue weighted by Crippen LogP contribution is -2.46. The molecule has 0 bridgehead atoms. The molecule has 8 heteroatoms. The van der Waals surface area contributed by atoms with Crippen LogP contribution in [0.3, 0.4) is 0 Å². The van der Waals surface area contributed by atoms with E-state index in [0.717, 1.165) is 26.2 Å². The fourth-order valence-electron chi connectivity index (χ4n) is 1.90. The van der Waals surface area contributed by atoms with Crippen molar-refractivity contribution in [2.24, 2.45) is 0 Å². The first-order chi connectivity index (χ1) is 9.64. The minimum Gasteiger partial charge on any atom is -0.382 e. The Kier molecular flexibility index (Phi) is 9.32. The van der Waals surface area contributed by atoms with Gasteiger partial charge in [0.1, 0.15) is 0 Å². The van der Waals surface area contributed by atoms with Gasteiger partial charge in [-0.1, -0.05) is 0 Å². The van der Waals surface area contributed by atoms with Gasteiger partial charge in [-0.15, -0.1) is 0 Å². The van der Waals surface area contributed by atoms with Crippen LogP contribution in [-0.2, 0) is 19.5 Å². The predicted octanol–water partition coefficient (Wildman–Crippen LogP) is -1.14. The van der Waals surface area contributed by atoms with Crippen molar-refractivity contribution in [3.8, 4) is 0 Å². The van der Waals surface area contributed by atoms with Gasteiger partial charge >= 0.3 is 0 Å². The summed E-state index contributed by atoms with van der Waals surface area (Å²) in [5.41, 5.74) is 0. The first-order valence-electron chi connectivity index (χ1n) is 7.11. The summed E-state index contributed by atoms with van der Waals surface area (Å²) in [7, 11) is -1.55. The second kappa shape index (κ2) is 10.5. The summed E-state index contributed by atoms with van der Waals surface area (Å²) in [6.07, 6.45) is 0.677. The van der Waals surface area contributed by atoms with E-state index < -0.39 is 10.0 Å². The number of nitrogens with one attached hydrogen (secondary N) is 2. The summed E-state index contributed by atoms with van der Waals surface area (Å²) >= 11 is 0. The van der Waals surface area contributed by atoms with Crippen molar-refractivity contribution >= 4 is 10.0 Å². The van der Waals surface area contributed by atoms with Crippen LogP contribution in [0.4, 0.5) is 0 Å². The lowest BCUT2D eigenvalue weighted by atomic mass is 10.4. The van der Waals surface area contributed by atoms with Crippen molar-refractivity contribution < 1.29 is 17.9 Å². The molecule has 1 heterocycles. The number of nitrogens with zero attached hydrogens (tertiary/aromatic N) is 1. The Bertz CT molecular complexity index is 332. The van der Waals surface area contributed by atoms with Crippen LogP contribution in [-0.4, -0.2) is 85.3 Å². The Morgan fingerprint density at radius 1 is 1.20 bits per heavy atom. The number of rotatable bonds is 11. The van der Waals surface area contributed by atoms with E-state index in [1.54, 1.807) is 7.11 Å². The molecule has 0 aromatic carbocycles. The van der Waals surface area contributed by atoms with E-state index in [1.807, 2.05) is 0 Å². The molecule has 0 saturated carbocycles. The molecule has 0 aromatic rings. The van der Waals surface area contributed by atoms with Gasteiger partial charge in [0, 0.05) is 53.0 Å². The van der Waals surface area contributed by atoms with E-state index >= 15 is 0 Å². The molecule has 2 N–H and O–H groups in total. The van der Waals surface area contributed by atoms with Crippen molar-refractivity contribution in [1.29, 1.82) is 0 Å². The molecule has 0 aromatic heterocycles. The highest BCUT2D eigenvalue weighted by Crippen LogP contribution is 1.94. The van der Waals surface area contributed by atoms with Crippen molar-refractivity contribution in [1.82, 2.24) is 14.9 Å². The standard InChI is InChI=1S/C12H27N3O4S/c1-18-10-11-19-9-2-3-14-20(16,17)12-8-15-6-4-13-5-7-15/h13-14H,2-12H2,1H3. The Morgan fingerprint density at radius 2 is 1.95 bits per heavy atom. The summed E-state index contributed by atoms with van der Waals surface area (Å²) in [5, 5.41) is 3.25. The second-order valence-corrected chi connectivity index (χ2v) is 6.69. The lowest BCUT2D eigenvalue weighted by molar-refractivity contribution is 0.0699. The largest absolute Gasteiger partial charge is 0.382 e.